The van der Waals surface area contributed by atoms with E-state index in [0.717, 1.165) is 11.2 Å². The fourth-order valence-corrected chi connectivity index (χ4v) is 3.21. The maximum absolute atomic E-state index is 12.7. The van der Waals surface area contributed by atoms with E-state index in [4.69, 9.17) is 4.74 Å². The van der Waals surface area contributed by atoms with Crippen LogP contribution >= 0.6 is 0 Å². The number of hydrogen-bond donors (Lipinski definition) is 5. The zero-order chi connectivity index (χ0) is 19.2. The molecule has 2 aromatic heterocycles. The Morgan fingerprint density at radius 2 is 2.00 bits per heavy atom. The molecule has 1 aliphatic rings. The SMILES string of the molecule is CC(C)(C)OC(=O)N1C(CO)C(O)C(O)C1c1c[nH]c2c(O)ncnc12. The van der Waals surface area contributed by atoms with E-state index < -0.39 is 42.6 Å². The minimum atomic E-state index is -1.38. The van der Waals surface area contributed by atoms with Gasteiger partial charge in [0.1, 0.15) is 35.2 Å². The van der Waals surface area contributed by atoms with E-state index in [1.54, 1.807) is 20.8 Å². The number of amides is 1. The standard InChI is InChI=1S/C16H22N4O6/c1-16(2,3)26-15(25)20-8(5-21)12(22)13(23)11(20)7-4-17-10-9(7)18-6-19-14(10)24/h4,6,8,11-13,17,21-23H,5H2,1-3H3,(H,18,19,24). The van der Waals surface area contributed by atoms with Gasteiger partial charge in [0.15, 0.2) is 0 Å². The Labute approximate surface area is 149 Å². The molecule has 5 N–H and O–H groups in total. The van der Waals surface area contributed by atoms with Crippen molar-refractivity contribution in [3.05, 3.63) is 18.1 Å². The predicted molar refractivity (Wildman–Crippen MR) is 89.3 cm³/mol. The molecule has 2 aromatic rings. The summed E-state index contributed by atoms with van der Waals surface area (Å²) in [6.45, 7) is 4.51. The molecule has 4 atom stereocenters. The Hall–Kier alpha value is -2.43. The van der Waals surface area contributed by atoms with Gasteiger partial charge in [-0.15, -0.1) is 0 Å². The Kier molecular flexibility index (Phi) is 4.51. The molecule has 0 bridgehead atoms. The lowest BCUT2D eigenvalue weighted by molar-refractivity contribution is -0.000805. The van der Waals surface area contributed by atoms with Gasteiger partial charge < -0.3 is 30.1 Å². The molecule has 1 amide bonds. The van der Waals surface area contributed by atoms with Crippen LogP contribution in [0.2, 0.25) is 0 Å². The monoisotopic (exact) mass is 366 g/mol. The topological polar surface area (TPSA) is 152 Å². The van der Waals surface area contributed by atoms with E-state index in [1.807, 2.05) is 0 Å². The summed E-state index contributed by atoms with van der Waals surface area (Å²) in [4.78, 5) is 24.4. The van der Waals surface area contributed by atoms with E-state index in [-0.39, 0.29) is 11.4 Å². The lowest BCUT2D eigenvalue weighted by Gasteiger charge is -2.32. The predicted octanol–water partition coefficient (Wildman–Crippen LogP) is 0.0380. The van der Waals surface area contributed by atoms with Gasteiger partial charge in [-0.05, 0) is 20.8 Å². The Morgan fingerprint density at radius 3 is 2.62 bits per heavy atom. The molecule has 0 saturated carbocycles. The second-order valence-corrected chi connectivity index (χ2v) is 7.23. The van der Waals surface area contributed by atoms with Gasteiger partial charge >= 0.3 is 6.09 Å². The molecule has 10 heteroatoms. The number of aliphatic hydroxyl groups is 3. The van der Waals surface area contributed by atoms with Gasteiger partial charge in [-0.3, -0.25) is 4.90 Å². The molecule has 0 spiro atoms. The summed E-state index contributed by atoms with van der Waals surface area (Å²) in [7, 11) is 0. The summed E-state index contributed by atoms with van der Waals surface area (Å²) in [5.41, 5.74) is 0.0913. The number of rotatable bonds is 2. The third-order valence-electron chi connectivity index (χ3n) is 4.31. The summed E-state index contributed by atoms with van der Waals surface area (Å²) in [5.74, 6) is -0.281. The number of likely N-dealkylation sites (tertiary alicyclic amines) is 1. The number of carbonyl (C=O) groups is 1. The first-order valence-corrected chi connectivity index (χ1v) is 8.15. The average Bonchev–Trinajstić information content (AvgIpc) is 3.07. The number of carbonyl (C=O) groups excluding carboxylic acids is 1. The fourth-order valence-electron chi connectivity index (χ4n) is 3.21. The molecule has 1 aliphatic heterocycles. The second kappa shape index (κ2) is 6.38. The number of fused-ring (bicyclic) bond motifs is 1. The van der Waals surface area contributed by atoms with Gasteiger partial charge in [-0.25, -0.2) is 14.8 Å². The Bertz CT molecular complexity index is 817. The average molecular weight is 366 g/mol. The van der Waals surface area contributed by atoms with Crippen LogP contribution in [0.15, 0.2) is 12.5 Å². The highest BCUT2D eigenvalue weighted by atomic mass is 16.6. The van der Waals surface area contributed by atoms with Gasteiger partial charge in [0, 0.05) is 11.8 Å². The molecule has 0 aliphatic carbocycles. The molecular formula is C16H22N4O6. The van der Waals surface area contributed by atoms with Crippen LogP contribution in [0.5, 0.6) is 5.88 Å². The summed E-state index contributed by atoms with van der Waals surface area (Å²) in [6, 6.07) is -2.08. The van der Waals surface area contributed by atoms with E-state index in [9.17, 15) is 25.2 Å². The van der Waals surface area contributed by atoms with E-state index in [2.05, 4.69) is 15.0 Å². The number of aromatic hydroxyl groups is 1. The highest BCUT2D eigenvalue weighted by Crippen LogP contribution is 2.40. The lowest BCUT2D eigenvalue weighted by atomic mass is 10.0. The molecule has 1 fully saturated rings. The van der Waals surface area contributed by atoms with Crippen LogP contribution in [0, 0.1) is 0 Å². The van der Waals surface area contributed by atoms with Crippen molar-refractivity contribution in [2.75, 3.05) is 6.61 Å². The summed E-state index contributed by atoms with van der Waals surface area (Å²) in [5, 5.41) is 40.3. The minimum Gasteiger partial charge on any atom is -0.492 e. The quantitative estimate of drug-likeness (QED) is 0.499. The number of ether oxygens (including phenoxy) is 1. The minimum absolute atomic E-state index is 0.237. The Morgan fingerprint density at radius 1 is 1.31 bits per heavy atom. The van der Waals surface area contributed by atoms with Crippen molar-refractivity contribution in [2.24, 2.45) is 0 Å². The molecule has 4 unspecified atom stereocenters. The van der Waals surface area contributed by atoms with Gasteiger partial charge in [-0.2, -0.15) is 0 Å². The van der Waals surface area contributed by atoms with E-state index in [0.29, 0.717) is 11.1 Å². The largest absolute Gasteiger partial charge is 0.492 e. The van der Waals surface area contributed by atoms with E-state index in [1.165, 1.54) is 6.20 Å². The summed E-state index contributed by atoms with van der Waals surface area (Å²) >= 11 is 0. The highest BCUT2D eigenvalue weighted by molar-refractivity contribution is 5.84. The van der Waals surface area contributed by atoms with Gasteiger partial charge in [0.25, 0.3) is 0 Å². The van der Waals surface area contributed by atoms with Crippen LogP contribution in [-0.4, -0.2) is 76.8 Å². The van der Waals surface area contributed by atoms with E-state index >= 15 is 0 Å². The number of nitrogens with one attached hydrogen (secondary N) is 1. The fraction of sp³-hybridized carbons (Fsp3) is 0.562. The van der Waals surface area contributed by atoms with Crippen molar-refractivity contribution in [3.63, 3.8) is 0 Å². The van der Waals surface area contributed by atoms with Crippen molar-refractivity contribution in [1.29, 1.82) is 0 Å². The number of aromatic nitrogens is 3. The molecule has 1 saturated heterocycles. The van der Waals surface area contributed by atoms with Crippen LogP contribution in [0.1, 0.15) is 32.4 Å². The number of H-pyrrole nitrogens is 1. The smallest absolute Gasteiger partial charge is 0.411 e. The van der Waals surface area contributed by atoms with Gasteiger partial charge in [0.2, 0.25) is 5.88 Å². The van der Waals surface area contributed by atoms with Crippen molar-refractivity contribution >= 4 is 17.1 Å². The molecule has 10 nitrogen and oxygen atoms in total. The van der Waals surface area contributed by atoms with Crippen LogP contribution in [0.3, 0.4) is 0 Å². The Balaban J connectivity index is 2.09. The first kappa shape index (κ1) is 18.4. The van der Waals surface area contributed by atoms with Crippen LogP contribution in [0.25, 0.3) is 11.0 Å². The van der Waals surface area contributed by atoms with Crippen LogP contribution < -0.4 is 0 Å². The third kappa shape index (κ3) is 2.96. The normalized spacial score (nSPS) is 26.5. The van der Waals surface area contributed by atoms with Crippen LogP contribution in [-0.2, 0) is 4.74 Å². The number of aromatic amines is 1. The second-order valence-electron chi connectivity index (χ2n) is 7.23. The number of hydrogen-bond acceptors (Lipinski definition) is 8. The third-order valence-corrected chi connectivity index (χ3v) is 4.31. The first-order valence-electron chi connectivity index (χ1n) is 8.15. The number of nitrogens with zero attached hydrogens (tertiary/aromatic N) is 3. The van der Waals surface area contributed by atoms with Crippen molar-refractivity contribution in [1.82, 2.24) is 19.9 Å². The van der Waals surface area contributed by atoms with Crippen molar-refractivity contribution in [2.45, 2.75) is 50.7 Å². The molecule has 26 heavy (non-hydrogen) atoms. The van der Waals surface area contributed by atoms with Crippen LogP contribution in [0.4, 0.5) is 4.79 Å². The molecular weight excluding hydrogens is 344 g/mol. The maximum atomic E-state index is 12.7. The van der Waals surface area contributed by atoms with Crippen molar-refractivity contribution < 1.29 is 30.0 Å². The zero-order valence-corrected chi connectivity index (χ0v) is 14.6. The molecule has 0 radical (unpaired) electrons. The molecule has 0 aromatic carbocycles. The summed E-state index contributed by atoms with van der Waals surface area (Å²) in [6.07, 6.45) is -0.927. The molecule has 142 valence electrons. The number of aliphatic hydroxyl groups excluding tert-OH is 3. The van der Waals surface area contributed by atoms with Gasteiger partial charge in [0.05, 0.1) is 18.7 Å². The molecule has 3 rings (SSSR count). The van der Waals surface area contributed by atoms with Crippen molar-refractivity contribution in [3.8, 4) is 5.88 Å². The highest BCUT2D eigenvalue weighted by Gasteiger charge is 2.52. The molecule has 3 heterocycles. The zero-order valence-electron chi connectivity index (χ0n) is 14.6. The first-order chi connectivity index (χ1) is 12.2. The van der Waals surface area contributed by atoms with Gasteiger partial charge in [-0.1, -0.05) is 0 Å². The summed E-state index contributed by atoms with van der Waals surface area (Å²) < 4.78 is 5.38. The lowest BCUT2D eigenvalue weighted by Crippen LogP contribution is -2.45. The maximum Gasteiger partial charge on any atom is 0.411 e.